The lowest BCUT2D eigenvalue weighted by Crippen LogP contribution is -2.52. The molecule has 2 aromatic carbocycles. The number of rotatable bonds is 5. The first kappa shape index (κ1) is 19.3. The lowest BCUT2D eigenvalue weighted by molar-refractivity contribution is -0.138. The quantitative estimate of drug-likeness (QED) is 0.802. The van der Waals surface area contributed by atoms with Crippen LogP contribution in [-0.2, 0) is 11.2 Å². The first-order chi connectivity index (χ1) is 13.0. The molecule has 0 radical (unpaired) electrons. The minimum atomic E-state index is -0.468. The van der Waals surface area contributed by atoms with E-state index < -0.39 is 6.10 Å². The third-order valence-electron chi connectivity index (χ3n) is 5.51. The minimum absolute atomic E-state index is 0.0709. The summed E-state index contributed by atoms with van der Waals surface area (Å²) in [5.41, 5.74) is 5.05. The van der Waals surface area contributed by atoms with Gasteiger partial charge in [-0.15, -0.1) is 0 Å². The van der Waals surface area contributed by atoms with E-state index in [1.807, 2.05) is 30.0 Å². The summed E-state index contributed by atoms with van der Waals surface area (Å²) in [5.74, 6) is 0.886. The molecular formula is C23H30N2O2. The van der Waals surface area contributed by atoms with E-state index in [9.17, 15) is 4.79 Å². The fourth-order valence-electron chi connectivity index (χ4n) is 3.65. The molecule has 1 atom stereocenters. The standard InChI is InChI=1S/C23H30N2O2/c1-5-20-10-6-7-12-22(20)27-19(4)23(26)25-15-13-24(14-16-25)21-11-8-9-17(2)18(21)3/h6-12,19H,5,13-16H2,1-4H3/t19-/m0/s1. The Kier molecular flexibility index (Phi) is 6.04. The van der Waals surface area contributed by atoms with Crippen molar-refractivity contribution in [1.29, 1.82) is 0 Å². The lowest BCUT2D eigenvalue weighted by atomic mass is 10.1. The first-order valence-electron chi connectivity index (χ1n) is 9.85. The van der Waals surface area contributed by atoms with Gasteiger partial charge in [0.05, 0.1) is 0 Å². The zero-order valence-electron chi connectivity index (χ0n) is 16.9. The normalized spacial score (nSPS) is 15.6. The van der Waals surface area contributed by atoms with Crippen LogP contribution in [0.25, 0.3) is 0 Å². The van der Waals surface area contributed by atoms with Crippen LogP contribution in [0.5, 0.6) is 5.75 Å². The van der Waals surface area contributed by atoms with Gasteiger partial charge in [0.25, 0.3) is 5.91 Å². The molecule has 0 aliphatic carbocycles. The minimum Gasteiger partial charge on any atom is -0.481 e. The Morgan fingerprint density at radius 1 is 1.04 bits per heavy atom. The van der Waals surface area contributed by atoms with E-state index in [2.05, 4.69) is 49.9 Å². The number of anilines is 1. The Hall–Kier alpha value is -2.49. The Bertz CT molecular complexity index is 795. The number of nitrogens with zero attached hydrogens (tertiary/aromatic N) is 2. The number of amides is 1. The Labute approximate surface area is 162 Å². The van der Waals surface area contributed by atoms with E-state index in [4.69, 9.17) is 4.74 Å². The van der Waals surface area contributed by atoms with Crippen LogP contribution in [0.15, 0.2) is 42.5 Å². The van der Waals surface area contributed by atoms with Gasteiger partial charge in [-0.2, -0.15) is 0 Å². The molecule has 4 heteroatoms. The topological polar surface area (TPSA) is 32.8 Å². The molecule has 27 heavy (non-hydrogen) atoms. The van der Waals surface area contributed by atoms with Crippen molar-refractivity contribution in [2.45, 2.75) is 40.2 Å². The van der Waals surface area contributed by atoms with E-state index in [-0.39, 0.29) is 5.91 Å². The van der Waals surface area contributed by atoms with Crippen molar-refractivity contribution in [3.63, 3.8) is 0 Å². The van der Waals surface area contributed by atoms with Gasteiger partial charge in [0.1, 0.15) is 5.75 Å². The van der Waals surface area contributed by atoms with Gasteiger partial charge in [-0.05, 0) is 56.0 Å². The zero-order chi connectivity index (χ0) is 19.4. The predicted octanol–water partition coefficient (Wildman–Crippen LogP) is 3.98. The molecule has 0 aromatic heterocycles. The largest absolute Gasteiger partial charge is 0.481 e. The van der Waals surface area contributed by atoms with E-state index in [1.165, 1.54) is 16.8 Å². The van der Waals surface area contributed by atoms with Gasteiger partial charge in [0, 0.05) is 31.9 Å². The summed E-state index contributed by atoms with van der Waals surface area (Å²) in [5, 5.41) is 0. The summed E-state index contributed by atoms with van der Waals surface area (Å²) in [4.78, 5) is 17.2. The van der Waals surface area contributed by atoms with Crippen LogP contribution < -0.4 is 9.64 Å². The molecule has 1 saturated heterocycles. The maximum atomic E-state index is 12.8. The van der Waals surface area contributed by atoms with Gasteiger partial charge < -0.3 is 14.5 Å². The van der Waals surface area contributed by atoms with Gasteiger partial charge >= 0.3 is 0 Å². The van der Waals surface area contributed by atoms with Crippen molar-refractivity contribution < 1.29 is 9.53 Å². The number of hydrogen-bond donors (Lipinski definition) is 0. The van der Waals surface area contributed by atoms with Gasteiger partial charge in [-0.25, -0.2) is 0 Å². The number of piperazine rings is 1. The van der Waals surface area contributed by atoms with Crippen molar-refractivity contribution >= 4 is 11.6 Å². The molecule has 1 aliphatic rings. The summed E-state index contributed by atoms with van der Waals surface area (Å²) in [6, 6.07) is 14.4. The molecule has 144 valence electrons. The average Bonchev–Trinajstić information content (AvgIpc) is 2.70. The molecule has 0 saturated carbocycles. The summed E-state index contributed by atoms with van der Waals surface area (Å²) < 4.78 is 5.99. The fourth-order valence-corrected chi connectivity index (χ4v) is 3.65. The average molecular weight is 367 g/mol. The second-order valence-corrected chi connectivity index (χ2v) is 7.25. The molecule has 0 N–H and O–H groups in total. The molecule has 0 spiro atoms. The smallest absolute Gasteiger partial charge is 0.263 e. The Morgan fingerprint density at radius 2 is 1.74 bits per heavy atom. The highest BCUT2D eigenvalue weighted by molar-refractivity contribution is 5.81. The third kappa shape index (κ3) is 4.26. The Morgan fingerprint density at radius 3 is 2.44 bits per heavy atom. The highest BCUT2D eigenvalue weighted by Gasteiger charge is 2.27. The van der Waals surface area contributed by atoms with Crippen LogP contribution in [0.3, 0.4) is 0 Å². The molecule has 2 aromatic rings. The molecule has 1 heterocycles. The van der Waals surface area contributed by atoms with Crippen LogP contribution in [0.4, 0.5) is 5.69 Å². The van der Waals surface area contributed by atoms with E-state index >= 15 is 0 Å². The van der Waals surface area contributed by atoms with Gasteiger partial charge in [0.2, 0.25) is 0 Å². The maximum absolute atomic E-state index is 12.8. The highest BCUT2D eigenvalue weighted by atomic mass is 16.5. The summed E-state index contributed by atoms with van der Waals surface area (Å²) in [6.45, 7) is 11.4. The lowest BCUT2D eigenvalue weighted by Gasteiger charge is -2.38. The molecule has 4 nitrogen and oxygen atoms in total. The second-order valence-electron chi connectivity index (χ2n) is 7.25. The van der Waals surface area contributed by atoms with Crippen molar-refractivity contribution in [2.24, 2.45) is 0 Å². The van der Waals surface area contributed by atoms with Crippen LogP contribution in [0.2, 0.25) is 0 Å². The van der Waals surface area contributed by atoms with Crippen molar-refractivity contribution in [1.82, 2.24) is 4.90 Å². The monoisotopic (exact) mass is 366 g/mol. The zero-order valence-corrected chi connectivity index (χ0v) is 16.9. The molecule has 1 amide bonds. The third-order valence-corrected chi connectivity index (χ3v) is 5.51. The summed E-state index contributed by atoms with van der Waals surface area (Å²) in [6.07, 6.45) is 0.427. The van der Waals surface area contributed by atoms with Crippen LogP contribution in [-0.4, -0.2) is 43.1 Å². The summed E-state index contributed by atoms with van der Waals surface area (Å²) >= 11 is 0. The molecule has 1 aliphatic heterocycles. The number of aryl methyl sites for hydroxylation is 2. The number of benzene rings is 2. The summed E-state index contributed by atoms with van der Waals surface area (Å²) in [7, 11) is 0. The van der Waals surface area contributed by atoms with Crippen molar-refractivity contribution in [3.8, 4) is 5.75 Å². The van der Waals surface area contributed by atoms with Gasteiger partial charge in [-0.3, -0.25) is 4.79 Å². The van der Waals surface area contributed by atoms with Crippen molar-refractivity contribution in [2.75, 3.05) is 31.1 Å². The first-order valence-corrected chi connectivity index (χ1v) is 9.85. The number of carbonyl (C=O) groups is 1. The van der Waals surface area contributed by atoms with E-state index in [1.54, 1.807) is 0 Å². The van der Waals surface area contributed by atoms with E-state index in [0.29, 0.717) is 0 Å². The number of para-hydroxylation sites is 1. The number of hydrogen-bond acceptors (Lipinski definition) is 3. The number of carbonyl (C=O) groups excluding carboxylic acids is 1. The molecule has 0 unspecified atom stereocenters. The van der Waals surface area contributed by atoms with Gasteiger partial charge in [0.15, 0.2) is 6.10 Å². The van der Waals surface area contributed by atoms with E-state index in [0.717, 1.165) is 43.9 Å². The fraction of sp³-hybridized carbons (Fsp3) is 0.435. The van der Waals surface area contributed by atoms with Crippen LogP contribution in [0.1, 0.15) is 30.5 Å². The second kappa shape index (κ2) is 8.47. The molecular weight excluding hydrogens is 336 g/mol. The molecule has 0 bridgehead atoms. The number of ether oxygens (including phenoxy) is 1. The maximum Gasteiger partial charge on any atom is 0.263 e. The molecule has 1 fully saturated rings. The van der Waals surface area contributed by atoms with Crippen LogP contribution in [0, 0.1) is 13.8 Å². The highest BCUT2D eigenvalue weighted by Crippen LogP contribution is 2.24. The van der Waals surface area contributed by atoms with Crippen LogP contribution >= 0.6 is 0 Å². The SMILES string of the molecule is CCc1ccccc1O[C@@H](C)C(=O)N1CCN(c2cccc(C)c2C)CC1. The molecule has 3 rings (SSSR count). The predicted molar refractivity (Wildman–Crippen MR) is 111 cm³/mol. The Balaban J connectivity index is 1.60. The van der Waals surface area contributed by atoms with Crippen molar-refractivity contribution in [3.05, 3.63) is 59.2 Å². The van der Waals surface area contributed by atoms with Gasteiger partial charge in [-0.1, -0.05) is 37.3 Å².